The summed E-state index contributed by atoms with van der Waals surface area (Å²) in [5, 5.41) is 17.4. The third kappa shape index (κ3) is 4.74. The number of carboxylic acid groups (broad SMARTS) is 2. The Morgan fingerprint density at radius 2 is 1.47 bits per heavy atom. The number of likely N-dealkylation sites (N-methyl/N-ethyl adjacent to an activating group) is 1. The molecule has 1 aliphatic heterocycles. The molecule has 1 saturated heterocycles. The van der Waals surface area contributed by atoms with E-state index in [1.807, 2.05) is 6.92 Å². The van der Waals surface area contributed by atoms with Crippen molar-refractivity contribution in [2.75, 3.05) is 45.8 Å². The highest BCUT2D eigenvalue weighted by molar-refractivity contribution is 5.84. The van der Waals surface area contributed by atoms with Crippen LogP contribution in [0.15, 0.2) is 0 Å². The molecule has 1 rings (SSSR count). The van der Waals surface area contributed by atoms with Gasteiger partial charge in [-0.25, -0.2) is 4.79 Å². The van der Waals surface area contributed by atoms with E-state index in [4.69, 9.17) is 10.2 Å². The number of amides is 2. The second-order valence-electron chi connectivity index (χ2n) is 4.35. The Bertz CT molecular complexity index is 336. The van der Waals surface area contributed by atoms with Crippen LogP contribution in [0.1, 0.15) is 6.92 Å². The number of hydrogen-bond donors (Lipinski definition) is 2. The van der Waals surface area contributed by atoms with Crippen LogP contribution in [-0.4, -0.2) is 88.7 Å². The summed E-state index contributed by atoms with van der Waals surface area (Å²) < 4.78 is 0. The normalized spacial score (nSPS) is 16.2. The predicted octanol–water partition coefficient (Wildman–Crippen LogP) is -0.785. The van der Waals surface area contributed by atoms with E-state index >= 15 is 0 Å². The minimum atomic E-state index is -1.22. The maximum atomic E-state index is 12.1. The molecule has 0 aliphatic carbocycles. The maximum Gasteiger partial charge on any atom is 0.323 e. The molecule has 8 heteroatoms. The van der Waals surface area contributed by atoms with Gasteiger partial charge in [-0.1, -0.05) is 6.92 Å². The van der Waals surface area contributed by atoms with E-state index in [0.29, 0.717) is 13.1 Å². The van der Waals surface area contributed by atoms with Crippen molar-refractivity contribution in [3.63, 3.8) is 0 Å². The number of rotatable bonds is 5. The number of urea groups is 1. The number of nitrogens with zero attached hydrogens (tertiary/aromatic N) is 3. The van der Waals surface area contributed by atoms with Gasteiger partial charge in [0, 0.05) is 26.2 Å². The molecule has 0 atom stereocenters. The van der Waals surface area contributed by atoms with Gasteiger partial charge < -0.3 is 24.9 Å². The molecule has 0 radical (unpaired) electrons. The second-order valence-corrected chi connectivity index (χ2v) is 4.35. The first-order valence-corrected chi connectivity index (χ1v) is 6.13. The topological polar surface area (TPSA) is 101 Å². The van der Waals surface area contributed by atoms with Crippen molar-refractivity contribution in [2.45, 2.75) is 6.92 Å². The zero-order valence-corrected chi connectivity index (χ0v) is 10.9. The zero-order chi connectivity index (χ0) is 14.4. The number of piperazine rings is 1. The van der Waals surface area contributed by atoms with E-state index in [9.17, 15) is 14.4 Å². The van der Waals surface area contributed by atoms with Crippen LogP contribution in [0.2, 0.25) is 0 Å². The highest BCUT2D eigenvalue weighted by atomic mass is 16.4. The monoisotopic (exact) mass is 273 g/mol. The van der Waals surface area contributed by atoms with Crippen LogP contribution in [0, 0.1) is 0 Å². The summed E-state index contributed by atoms with van der Waals surface area (Å²) in [5.41, 5.74) is 0. The van der Waals surface area contributed by atoms with Crippen LogP contribution in [-0.2, 0) is 9.59 Å². The summed E-state index contributed by atoms with van der Waals surface area (Å²) in [6.07, 6.45) is 0. The van der Waals surface area contributed by atoms with Crippen LogP contribution in [0.25, 0.3) is 0 Å². The lowest BCUT2D eigenvalue weighted by atomic mass is 10.3. The molecule has 0 unspecified atom stereocenters. The molecule has 1 fully saturated rings. The number of aliphatic carboxylic acids is 2. The van der Waals surface area contributed by atoms with E-state index in [1.54, 1.807) is 0 Å². The Labute approximate surface area is 111 Å². The molecule has 0 aromatic rings. The molecule has 108 valence electrons. The Morgan fingerprint density at radius 1 is 1.00 bits per heavy atom. The minimum Gasteiger partial charge on any atom is -0.480 e. The van der Waals surface area contributed by atoms with Gasteiger partial charge in [0.15, 0.2) is 0 Å². The Morgan fingerprint density at radius 3 is 1.84 bits per heavy atom. The second kappa shape index (κ2) is 6.93. The molecular formula is C11H19N3O5. The Kier molecular flexibility index (Phi) is 5.56. The number of carbonyl (C=O) groups excluding carboxylic acids is 1. The van der Waals surface area contributed by atoms with Gasteiger partial charge in [-0.2, -0.15) is 0 Å². The molecule has 0 aromatic carbocycles. The zero-order valence-electron chi connectivity index (χ0n) is 10.9. The molecule has 2 amide bonds. The Hall–Kier alpha value is -1.83. The predicted molar refractivity (Wildman–Crippen MR) is 65.9 cm³/mol. The van der Waals surface area contributed by atoms with Crippen molar-refractivity contribution in [3.05, 3.63) is 0 Å². The van der Waals surface area contributed by atoms with E-state index < -0.39 is 31.1 Å². The van der Waals surface area contributed by atoms with Gasteiger partial charge in [0.1, 0.15) is 13.1 Å². The fourth-order valence-electron chi connectivity index (χ4n) is 1.97. The lowest BCUT2D eigenvalue weighted by molar-refractivity contribution is -0.140. The maximum absolute atomic E-state index is 12.1. The lowest BCUT2D eigenvalue weighted by Crippen LogP contribution is -2.54. The van der Waals surface area contributed by atoms with Crippen LogP contribution in [0.3, 0.4) is 0 Å². The van der Waals surface area contributed by atoms with Crippen LogP contribution < -0.4 is 0 Å². The van der Waals surface area contributed by atoms with Gasteiger partial charge in [0.2, 0.25) is 0 Å². The summed E-state index contributed by atoms with van der Waals surface area (Å²) >= 11 is 0. The third-order valence-corrected chi connectivity index (χ3v) is 3.01. The lowest BCUT2D eigenvalue weighted by Gasteiger charge is -2.36. The van der Waals surface area contributed by atoms with E-state index in [1.165, 1.54) is 4.90 Å². The van der Waals surface area contributed by atoms with Crippen LogP contribution in [0.5, 0.6) is 0 Å². The summed E-state index contributed by atoms with van der Waals surface area (Å²) in [4.78, 5) is 37.9. The van der Waals surface area contributed by atoms with Crippen molar-refractivity contribution in [1.82, 2.24) is 14.7 Å². The standard InChI is InChI=1S/C11H19N3O5/c1-2-12-3-5-13(6-4-12)11(19)14(7-9(15)16)8-10(17)18/h2-8H2,1H3,(H,15,16)(H,17,18). The summed E-state index contributed by atoms with van der Waals surface area (Å²) in [6.45, 7) is 4.14. The van der Waals surface area contributed by atoms with Gasteiger partial charge in [0.25, 0.3) is 0 Å². The molecule has 0 saturated carbocycles. The molecular weight excluding hydrogens is 254 g/mol. The van der Waals surface area contributed by atoms with Crippen molar-refractivity contribution in [3.8, 4) is 0 Å². The first-order chi connectivity index (χ1) is 8.93. The van der Waals surface area contributed by atoms with Gasteiger partial charge in [-0.3, -0.25) is 9.59 Å². The molecule has 8 nitrogen and oxygen atoms in total. The van der Waals surface area contributed by atoms with Gasteiger partial charge >= 0.3 is 18.0 Å². The molecule has 19 heavy (non-hydrogen) atoms. The molecule has 1 heterocycles. The highest BCUT2D eigenvalue weighted by Crippen LogP contribution is 2.05. The third-order valence-electron chi connectivity index (χ3n) is 3.01. The fourth-order valence-corrected chi connectivity index (χ4v) is 1.97. The summed E-state index contributed by atoms with van der Waals surface area (Å²) in [6, 6.07) is -0.527. The largest absolute Gasteiger partial charge is 0.480 e. The first-order valence-electron chi connectivity index (χ1n) is 6.13. The molecule has 1 aliphatic rings. The molecule has 0 bridgehead atoms. The smallest absolute Gasteiger partial charge is 0.323 e. The van der Waals surface area contributed by atoms with Crippen molar-refractivity contribution >= 4 is 18.0 Å². The number of carboxylic acids is 2. The average Bonchev–Trinajstić information content (AvgIpc) is 2.36. The Balaban J connectivity index is 2.60. The fraction of sp³-hybridized carbons (Fsp3) is 0.727. The first kappa shape index (κ1) is 15.2. The molecule has 0 aromatic heterocycles. The van der Waals surface area contributed by atoms with Crippen LogP contribution >= 0.6 is 0 Å². The minimum absolute atomic E-state index is 0.489. The summed E-state index contributed by atoms with van der Waals surface area (Å²) in [7, 11) is 0. The molecule has 0 spiro atoms. The van der Waals surface area contributed by atoms with Crippen molar-refractivity contribution in [2.24, 2.45) is 0 Å². The average molecular weight is 273 g/mol. The highest BCUT2D eigenvalue weighted by Gasteiger charge is 2.27. The molecule has 2 N–H and O–H groups in total. The quantitative estimate of drug-likeness (QED) is 0.681. The van der Waals surface area contributed by atoms with Gasteiger partial charge in [-0.15, -0.1) is 0 Å². The summed E-state index contributed by atoms with van der Waals surface area (Å²) in [5.74, 6) is -2.44. The van der Waals surface area contributed by atoms with Crippen LogP contribution in [0.4, 0.5) is 4.79 Å². The van der Waals surface area contributed by atoms with Gasteiger partial charge in [-0.05, 0) is 6.54 Å². The number of carbonyl (C=O) groups is 3. The van der Waals surface area contributed by atoms with Crippen molar-refractivity contribution in [1.29, 1.82) is 0 Å². The van der Waals surface area contributed by atoms with Crippen molar-refractivity contribution < 1.29 is 24.6 Å². The number of hydrogen-bond acceptors (Lipinski definition) is 4. The SMILES string of the molecule is CCN1CCN(C(=O)N(CC(=O)O)CC(=O)O)CC1. The van der Waals surface area contributed by atoms with E-state index in [-0.39, 0.29) is 0 Å². The van der Waals surface area contributed by atoms with E-state index in [0.717, 1.165) is 24.5 Å². The van der Waals surface area contributed by atoms with Gasteiger partial charge in [0.05, 0.1) is 0 Å². The van der Waals surface area contributed by atoms with E-state index in [2.05, 4.69) is 4.90 Å².